The summed E-state index contributed by atoms with van der Waals surface area (Å²) >= 11 is 0. The third kappa shape index (κ3) is 1.84. The molecule has 2 rings (SSSR count). The lowest BCUT2D eigenvalue weighted by Gasteiger charge is -2.51. The molecule has 0 amide bonds. The van der Waals surface area contributed by atoms with Crippen LogP contribution in [-0.4, -0.2) is 10.7 Å². The lowest BCUT2D eigenvalue weighted by molar-refractivity contribution is -0.111. The van der Waals surface area contributed by atoms with Crippen molar-refractivity contribution in [3.05, 3.63) is 11.6 Å². The van der Waals surface area contributed by atoms with Crippen molar-refractivity contribution in [2.75, 3.05) is 0 Å². The molecule has 1 unspecified atom stereocenters. The van der Waals surface area contributed by atoms with Gasteiger partial charge in [-0.25, -0.2) is 0 Å². The standard InChI is InChI=1S/C15H26O/c1-10(2)13-6-5-12(4)15(16)8-7-11(3)9-14(13)15/h9-10,12-14,16H,5-8H2,1-4H3/t12-,13-,14?,15-/m1/s1. The SMILES string of the molecule is CC1=CC2[C@@H](C(C)C)CC[C@@H](C)[C@]2(O)CC1. The molecule has 0 radical (unpaired) electrons. The van der Waals surface area contributed by atoms with Gasteiger partial charge < -0.3 is 5.11 Å². The lowest BCUT2D eigenvalue weighted by atomic mass is 9.57. The Bertz CT molecular complexity index is 292. The van der Waals surface area contributed by atoms with Crippen molar-refractivity contribution in [1.29, 1.82) is 0 Å². The van der Waals surface area contributed by atoms with E-state index in [2.05, 4.69) is 33.8 Å². The molecule has 2 aliphatic carbocycles. The molecule has 1 nitrogen and oxygen atoms in total. The Balaban J connectivity index is 2.32. The molecule has 0 aromatic heterocycles. The summed E-state index contributed by atoms with van der Waals surface area (Å²) in [6.45, 7) is 9.06. The van der Waals surface area contributed by atoms with Gasteiger partial charge in [-0.2, -0.15) is 0 Å². The average molecular weight is 222 g/mol. The highest BCUT2D eigenvalue weighted by atomic mass is 16.3. The maximum atomic E-state index is 11.0. The maximum Gasteiger partial charge on any atom is 0.0741 e. The fourth-order valence-corrected chi connectivity index (χ4v) is 3.79. The van der Waals surface area contributed by atoms with E-state index in [-0.39, 0.29) is 0 Å². The van der Waals surface area contributed by atoms with Gasteiger partial charge in [0.25, 0.3) is 0 Å². The Hall–Kier alpha value is -0.300. The molecule has 0 heterocycles. The Morgan fingerprint density at radius 3 is 2.69 bits per heavy atom. The van der Waals surface area contributed by atoms with Gasteiger partial charge in [0, 0.05) is 5.92 Å². The largest absolute Gasteiger partial charge is 0.389 e. The average Bonchev–Trinajstić information content (AvgIpc) is 2.21. The molecule has 0 saturated heterocycles. The highest BCUT2D eigenvalue weighted by molar-refractivity contribution is 5.17. The number of hydrogen-bond acceptors (Lipinski definition) is 1. The van der Waals surface area contributed by atoms with E-state index in [0.717, 1.165) is 12.8 Å². The number of aliphatic hydroxyl groups is 1. The summed E-state index contributed by atoms with van der Waals surface area (Å²) in [6, 6.07) is 0. The lowest BCUT2D eigenvalue weighted by Crippen LogP contribution is -2.52. The summed E-state index contributed by atoms with van der Waals surface area (Å²) in [5.41, 5.74) is 1.07. The van der Waals surface area contributed by atoms with Gasteiger partial charge in [-0.15, -0.1) is 0 Å². The zero-order valence-electron chi connectivity index (χ0n) is 11.2. The third-order valence-electron chi connectivity index (χ3n) is 5.07. The van der Waals surface area contributed by atoms with Crippen LogP contribution < -0.4 is 0 Å². The van der Waals surface area contributed by atoms with Gasteiger partial charge in [0.15, 0.2) is 0 Å². The minimum Gasteiger partial charge on any atom is -0.389 e. The molecule has 2 aliphatic rings. The number of hydrogen-bond donors (Lipinski definition) is 1. The second kappa shape index (κ2) is 4.18. The molecule has 0 aromatic rings. The Morgan fingerprint density at radius 1 is 1.38 bits per heavy atom. The first-order chi connectivity index (χ1) is 7.45. The second-order valence-electron chi connectivity index (χ2n) is 6.42. The van der Waals surface area contributed by atoms with Crippen molar-refractivity contribution in [3.63, 3.8) is 0 Å². The quantitative estimate of drug-likeness (QED) is 0.669. The monoisotopic (exact) mass is 222 g/mol. The summed E-state index contributed by atoms with van der Waals surface area (Å²) in [5, 5.41) is 11.0. The normalized spacial score (nSPS) is 44.1. The molecule has 0 aromatic carbocycles. The van der Waals surface area contributed by atoms with Gasteiger partial charge in [0.05, 0.1) is 5.60 Å². The maximum absolute atomic E-state index is 11.0. The molecule has 0 spiro atoms. The molecule has 0 aliphatic heterocycles. The minimum atomic E-state index is -0.410. The predicted octanol–water partition coefficient (Wildman–Crippen LogP) is 3.78. The Kier molecular flexibility index (Phi) is 3.18. The molecule has 1 N–H and O–H groups in total. The van der Waals surface area contributed by atoms with E-state index in [1.807, 2.05) is 0 Å². The summed E-state index contributed by atoms with van der Waals surface area (Å²) in [5.74, 6) is 2.24. The van der Waals surface area contributed by atoms with Gasteiger partial charge in [-0.3, -0.25) is 0 Å². The number of fused-ring (bicyclic) bond motifs is 1. The molecular formula is C15H26O. The van der Waals surface area contributed by atoms with Crippen LogP contribution in [0.1, 0.15) is 53.4 Å². The van der Waals surface area contributed by atoms with Gasteiger partial charge in [-0.1, -0.05) is 32.4 Å². The predicted molar refractivity (Wildman–Crippen MR) is 68.2 cm³/mol. The fraction of sp³-hybridized carbons (Fsp3) is 0.867. The van der Waals surface area contributed by atoms with Crippen LogP contribution >= 0.6 is 0 Å². The zero-order valence-corrected chi connectivity index (χ0v) is 11.2. The summed E-state index contributed by atoms with van der Waals surface area (Å²) < 4.78 is 0. The van der Waals surface area contributed by atoms with Gasteiger partial charge in [-0.05, 0) is 50.4 Å². The molecular weight excluding hydrogens is 196 g/mol. The van der Waals surface area contributed by atoms with Crippen LogP contribution in [0.2, 0.25) is 0 Å². The smallest absolute Gasteiger partial charge is 0.0741 e. The third-order valence-corrected chi connectivity index (χ3v) is 5.07. The van der Waals surface area contributed by atoms with E-state index >= 15 is 0 Å². The highest BCUT2D eigenvalue weighted by Gasteiger charge is 2.49. The molecule has 4 atom stereocenters. The summed E-state index contributed by atoms with van der Waals surface area (Å²) in [4.78, 5) is 0. The summed E-state index contributed by atoms with van der Waals surface area (Å²) in [6.07, 6.45) is 6.93. The molecule has 1 saturated carbocycles. The van der Waals surface area contributed by atoms with Crippen molar-refractivity contribution < 1.29 is 5.11 Å². The van der Waals surface area contributed by atoms with E-state index in [1.54, 1.807) is 0 Å². The summed E-state index contributed by atoms with van der Waals surface area (Å²) in [7, 11) is 0. The fourth-order valence-electron chi connectivity index (χ4n) is 3.79. The first kappa shape index (κ1) is 12.2. The minimum absolute atomic E-state index is 0.407. The molecule has 16 heavy (non-hydrogen) atoms. The highest BCUT2D eigenvalue weighted by Crippen LogP contribution is 2.50. The van der Waals surface area contributed by atoms with Crippen molar-refractivity contribution in [2.45, 2.75) is 59.0 Å². The number of allylic oxidation sites excluding steroid dienone is 1. The van der Waals surface area contributed by atoms with Crippen molar-refractivity contribution in [2.24, 2.45) is 23.7 Å². The molecule has 92 valence electrons. The van der Waals surface area contributed by atoms with Crippen LogP contribution in [0.4, 0.5) is 0 Å². The van der Waals surface area contributed by atoms with Crippen molar-refractivity contribution in [1.82, 2.24) is 0 Å². The van der Waals surface area contributed by atoms with E-state index < -0.39 is 5.60 Å². The van der Waals surface area contributed by atoms with Crippen LogP contribution in [-0.2, 0) is 0 Å². The second-order valence-corrected chi connectivity index (χ2v) is 6.42. The first-order valence-electron chi connectivity index (χ1n) is 6.85. The molecule has 1 heteroatoms. The zero-order chi connectivity index (χ0) is 11.9. The van der Waals surface area contributed by atoms with Crippen LogP contribution in [0.3, 0.4) is 0 Å². The first-order valence-corrected chi connectivity index (χ1v) is 6.85. The number of rotatable bonds is 1. The van der Waals surface area contributed by atoms with Gasteiger partial charge in [0.1, 0.15) is 0 Å². The molecule has 0 bridgehead atoms. The molecule has 1 fully saturated rings. The van der Waals surface area contributed by atoms with Crippen LogP contribution in [0.5, 0.6) is 0 Å². The van der Waals surface area contributed by atoms with Crippen LogP contribution in [0, 0.1) is 23.7 Å². The van der Waals surface area contributed by atoms with E-state index in [9.17, 15) is 5.11 Å². The van der Waals surface area contributed by atoms with Crippen LogP contribution in [0.15, 0.2) is 11.6 Å². The topological polar surface area (TPSA) is 20.2 Å². The van der Waals surface area contributed by atoms with E-state index in [0.29, 0.717) is 23.7 Å². The Labute approximate surface area is 99.9 Å². The van der Waals surface area contributed by atoms with Crippen molar-refractivity contribution >= 4 is 0 Å². The van der Waals surface area contributed by atoms with Gasteiger partial charge >= 0.3 is 0 Å². The van der Waals surface area contributed by atoms with Crippen molar-refractivity contribution in [3.8, 4) is 0 Å². The van der Waals surface area contributed by atoms with E-state index in [1.165, 1.54) is 18.4 Å². The van der Waals surface area contributed by atoms with Gasteiger partial charge in [0.2, 0.25) is 0 Å². The Morgan fingerprint density at radius 2 is 2.06 bits per heavy atom. The van der Waals surface area contributed by atoms with Crippen LogP contribution in [0.25, 0.3) is 0 Å². The van der Waals surface area contributed by atoms with E-state index in [4.69, 9.17) is 0 Å².